The van der Waals surface area contributed by atoms with Crippen LogP contribution in [0.1, 0.15) is 5.56 Å². The normalized spacial score (nSPS) is 19.9. The molecule has 1 amide bonds. The lowest BCUT2D eigenvalue weighted by atomic mass is 10.2. The first-order chi connectivity index (χ1) is 8.27. The van der Waals surface area contributed by atoms with Crippen molar-refractivity contribution in [3.8, 4) is 0 Å². The summed E-state index contributed by atoms with van der Waals surface area (Å²) in [5.41, 5.74) is 6.62. The molecule has 1 aliphatic rings. The van der Waals surface area contributed by atoms with E-state index in [-0.39, 0.29) is 12.5 Å². The molecule has 1 aromatic carbocycles. The van der Waals surface area contributed by atoms with E-state index in [1.165, 1.54) is 5.06 Å². The topological polar surface area (TPSA) is 64.8 Å². The lowest BCUT2D eigenvalue weighted by Gasteiger charge is -2.13. The van der Waals surface area contributed by atoms with Crippen molar-refractivity contribution in [2.24, 2.45) is 5.73 Å². The number of amides is 1. The molecule has 1 atom stereocenters. The molecule has 0 spiro atoms. The van der Waals surface area contributed by atoms with Crippen LogP contribution in [0, 0.1) is 0 Å². The molecule has 0 bridgehead atoms. The number of nitrogens with two attached hydrogens (primary N) is 1. The predicted molar refractivity (Wildman–Crippen MR) is 61.7 cm³/mol. The Balaban J connectivity index is 1.65. The first-order valence-electron chi connectivity index (χ1n) is 5.59. The molecule has 0 saturated carbocycles. The predicted octanol–water partition coefficient (Wildman–Crippen LogP) is 0.304. The maximum Gasteiger partial charge on any atom is 0.265 e. The van der Waals surface area contributed by atoms with E-state index in [1.54, 1.807) is 0 Å². The van der Waals surface area contributed by atoms with Gasteiger partial charge in [-0.05, 0) is 5.56 Å². The molecule has 0 aromatic heterocycles. The first kappa shape index (κ1) is 12.0. The number of hydrogen-bond donors (Lipinski definition) is 1. The third kappa shape index (κ3) is 3.26. The fraction of sp³-hybridized carbons (Fsp3) is 0.417. The summed E-state index contributed by atoms with van der Waals surface area (Å²) in [6, 6.07) is 9.35. The number of ether oxygens (including phenoxy) is 1. The molecule has 1 saturated heterocycles. The minimum atomic E-state index is -0.524. The number of nitrogens with zero attached hydrogens (tertiary/aromatic N) is 1. The van der Waals surface area contributed by atoms with Gasteiger partial charge in [-0.15, -0.1) is 0 Å². The summed E-state index contributed by atoms with van der Waals surface area (Å²) < 4.78 is 5.45. The second kappa shape index (κ2) is 5.77. The first-order valence-corrected chi connectivity index (χ1v) is 5.59. The van der Waals surface area contributed by atoms with Gasteiger partial charge in [-0.25, -0.2) is 5.06 Å². The molecule has 1 aromatic rings. The average Bonchev–Trinajstić information content (AvgIpc) is 2.67. The third-order valence-electron chi connectivity index (χ3n) is 2.52. The Labute approximate surface area is 100 Å². The standard InChI is InChI=1S/C12H16N2O3/c13-11-9-17-14(12(11)15)6-7-16-8-10-4-2-1-3-5-10/h1-5,11H,6-9,13H2. The van der Waals surface area contributed by atoms with Crippen LogP contribution in [-0.4, -0.2) is 36.8 Å². The van der Waals surface area contributed by atoms with Gasteiger partial charge in [-0.2, -0.15) is 0 Å². The van der Waals surface area contributed by atoms with Crippen molar-refractivity contribution in [2.45, 2.75) is 12.6 Å². The van der Waals surface area contributed by atoms with Gasteiger partial charge < -0.3 is 10.5 Å². The van der Waals surface area contributed by atoms with Gasteiger partial charge in [0.25, 0.3) is 5.91 Å². The molecule has 92 valence electrons. The molecule has 1 aliphatic heterocycles. The number of hydrogen-bond acceptors (Lipinski definition) is 4. The van der Waals surface area contributed by atoms with Gasteiger partial charge in [-0.1, -0.05) is 30.3 Å². The van der Waals surface area contributed by atoms with E-state index in [0.29, 0.717) is 19.8 Å². The van der Waals surface area contributed by atoms with Crippen LogP contribution in [0.3, 0.4) is 0 Å². The number of hydroxylamine groups is 2. The molecule has 5 nitrogen and oxygen atoms in total. The Morgan fingerprint density at radius 2 is 2.18 bits per heavy atom. The van der Waals surface area contributed by atoms with Crippen molar-refractivity contribution in [1.82, 2.24) is 5.06 Å². The minimum absolute atomic E-state index is 0.173. The summed E-state index contributed by atoms with van der Waals surface area (Å²) >= 11 is 0. The van der Waals surface area contributed by atoms with Gasteiger partial charge in [0, 0.05) is 0 Å². The van der Waals surface area contributed by atoms with E-state index in [4.69, 9.17) is 15.3 Å². The second-order valence-electron chi connectivity index (χ2n) is 3.88. The van der Waals surface area contributed by atoms with Crippen LogP contribution in [0.4, 0.5) is 0 Å². The van der Waals surface area contributed by atoms with Crippen LogP contribution in [0.25, 0.3) is 0 Å². The van der Waals surface area contributed by atoms with Gasteiger partial charge in [-0.3, -0.25) is 9.63 Å². The Kier molecular flexibility index (Phi) is 4.08. The molecule has 1 fully saturated rings. The maximum atomic E-state index is 11.4. The van der Waals surface area contributed by atoms with Crippen LogP contribution in [0.15, 0.2) is 30.3 Å². The van der Waals surface area contributed by atoms with Crippen molar-refractivity contribution < 1.29 is 14.4 Å². The van der Waals surface area contributed by atoms with Crippen LogP contribution >= 0.6 is 0 Å². The van der Waals surface area contributed by atoms with Crippen LogP contribution in [0.5, 0.6) is 0 Å². The van der Waals surface area contributed by atoms with Crippen molar-refractivity contribution in [2.75, 3.05) is 19.8 Å². The Morgan fingerprint density at radius 1 is 1.41 bits per heavy atom. The SMILES string of the molecule is NC1CON(CCOCc2ccccc2)C1=O. The van der Waals surface area contributed by atoms with E-state index >= 15 is 0 Å². The van der Waals surface area contributed by atoms with E-state index in [2.05, 4.69) is 0 Å². The quantitative estimate of drug-likeness (QED) is 0.747. The van der Waals surface area contributed by atoms with Crippen molar-refractivity contribution >= 4 is 5.91 Å². The van der Waals surface area contributed by atoms with Crippen molar-refractivity contribution in [3.05, 3.63) is 35.9 Å². The van der Waals surface area contributed by atoms with E-state index in [1.807, 2.05) is 30.3 Å². The fourth-order valence-corrected chi connectivity index (χ4v) is 1.58. The third-order valence-corrected chi connectivity index (χ3v) is 2.52. The van der Waals surface area contributed by atoms with Gasteiger partial charge in [0.05, 0.1) is 26.4 Å². The van der Waals surface area contributed by atoms with Crippen LogP contribution in [0.2, 0.25) is 0 Å². The molecule has 2 N–H and O–H groups in total. The molecule has 0 radical (unpaired) electrons. The lowest BCUT2D eigenvalue weighted by molar-refractivity contribution is -0.165. The lowest BCUT2D eigenvalue weighted by Crippen LogP contribution is -2.36. The average molecular weight is 236 g/mol. The van der Waals surface area contributed by atoms with E-state index < -0.39 is 6.04 Å². The molecule has 1 unspecified atom stereocenters. The zero-order chi connectivity index (χ0) is 12.1. The zero-order valence-electron chi connectivity index (χ0n) is 9.54. The van der Waals surface area contributed by atoms with Crippen LogP contribution < -0.4 is 5.73 Å². The highest BCUT2D eigenvalue weighted by Gasteiger charge is 2.29. The van der Waals surface area contributed by atoms with Crippen molar-refractivity contribution in [1.29, 1.82) is 0 Å². The smallest absolute Gasteiger partial charge is 0.265 e. The van der Waals surface area contributed by atoms with Gasteiger partial charge in [0.2, 0.25) is 0 Å². The number of rotatable bonds is 5. The summed E-state index contributed by atoms with van der Waals surface area (Å²) in [6.07, 6.45) is 0. The maximum absolute atomic E-state index is 11.4. The van der Waals surface area contributed by atoms with Gasteiger partial charge >= 0.3 is 0 Å². The van der Waals surface area contributed by atoms with E-state index in [0.717, 1.165) is 5.56 Å². The Morgan fingerprint density at radius 3 is 2.82 bits per heavy atom. The molecule has 1 heterocycles. The van der Waals surface area contributed by atoms with Crippen molar-refractivity contribution in [3.63, 3.8) is 0 Å². The molecular formula is C12H16N2O3. The number of benzene rings is 1. The summed E-state index contributed by atoms with van der Waals surface area (Å²) in [5.74, 6) is -0.173. The summed E-state index contributed by atoms with van der Waals surface area (Å²) in [5, 5.41) is 1.27. The van der Waals surface area contributed by atoms with Gasteiger partial charge in [0.1, 0.15) is 6.04 Å². The molecule has 5 heteroatoms. The Hall–Kier alpha value is -1.43. The largest absolute Gasteiger partial charge is 0.375 e. The molecule has 17 heavy (non-hydrogen) atoms. The molecular weight excluding hydrogens is 220 g/mol. The zero-order valence-corrected chi connectivity index (χ0v) is 9.54. The minimum Gasteiger partial charge on any atom is -0.375 e. The molecule has 2 rings (SSSR count). The number of carbonyl (C=O) groups is 1. The Bertz CT molecular complexity index is 369. The summed E-state index contributed by atoms with van der Waals surface area (Å²) in [7, 11) is 0. The van der Waals surface area contributed by atoms with E-state index in [9.17, 15) is 4.79 Å². The number of carbonyl (C=O) groups excluding carboxylic acids is 1. The van der Waals surface area contributed by atoms with Gasteiger partial charge in [0.15, 0.2) is 0 Å². The molecule has 0 aliphatic carbocycles. The summed E-state index contributed by atoms with van der Waals surface area (Å²) in [6.45, 7) is 1.65. The van der Waals surface area contributed by atoms with Crippen LogP contribution in [-0.2, 0) is 21.0 Å². The highest BCUT2D eigenvalue weighted by atomic mass is 16.7. The second-order valence-corrected chi connectivity index (χ2v) is 3.88. The summed E-state index contributed by atoms with van der Waals surface area (Å²) in [4.78, 5) is 16.5. The highest BCUT2D eigenvalue weighted by molar-refractivity contribution is 5.82. The highest BCUT2D eigenvalue weighted by Crippen LogP contribution is 2.06. The monoisotopic (exact) mass is 236 g/mol. The fourth-order valence-electron chi connectivity index (χ4n) is 1.58.